The molecule has 1 amide bonds. The van der Waals surface area contributed by atoms with Gasteiger partial charge in [-0.3, -0.25) is 4.79 Å². The molecule has 19 heavy (non-hydrogen) atoms. The summed E-state index contributed by atoms with van der Waals surface area (Å²) in [4.78, 5) is 11.6. The second kappa shape index (κ2) is 4.61. The third-order valence-corrected chi connectivity index (χ3v) is 3.14. The number of carbonyl (C=O) groups is 1. The number of nitriles is 1. The molecular weight excluding hydrogens is 250 g/mol. The fraction of sp³-hybridized carbons (Fsp3) is 0.429. The first-order chi connectivity index (χ1) is 8.85. The van der Waals surface area contributed by atoms with Gasteiger partial charge >= 0.3 is 0 Å². The molecule has 1 aromatic rings. The molecule has 100 valence electrons. The fourth-order valence-corrected chi connectivity index (χ4v) is 2.09. The normalized spacial score (nSPS) is 16.5. The van der Waals surface area contributed by atoms with Crippen LogP contribution in [-0.4, -0.2) is 11.8 Å². The maximum atomic E-state index is 12.8. The van der Waals surface area contributed by atoms with Crippen LogP contribution in [0.15, 0.2) is 24.3 Å². The lowest BCUT2D eigenvalue weighted by Gasteiger charge is -2.19. The minimum Gasteiger partial charge on any atom is -0.346 e. The van der Waals surface area contributed by atoms with E-state index >= 15 is 0 Å². The lowest BCUT2D eigenvalue weighted by molar-refractivity contribution is -0.128. The van der Waals surface area contributed by atoms with Crippen molar-refractivity contribution >= 4 is 5.91 Å². The summed E-state index contributed by atoms with van der Waals surface area (Å²) < 4.78 is 25.6. The first-order valence-electron chi connectivity index (χ1n) is 6.04. The number of amides is 1. The maximum absolute atomic E-state index is 12.8. The number of hydrogen-bond donors (Lipinski definition) is 1. The predicted molar refractivity (Wildman–Crippen MR) is 65.4 cm³/mol. The smallest absolute Gasteiger partial charge is 0.254 e. The Kier molecular flexibility index (Phi) is 3.27. The molecule has 5 heteroatoms. The van der Waals surface area contributed by atoms with E-state index in [1.165, 1.54) is 0 Å². The lowest BCUT2D eigenvalue weighted by Crippen LogP contribution is -2.37. The molecular formula is C14H14F2N2O. The zero-order chi connectivity index (χ0) is 14.1. The van der Waals surface area contributed by atoms with E-state index in [9.17, 15) is 13.6 Å². The molecule has 1 saturated carbocycles. The first kappa shape index (κ1) is 13.5. The van der Waals surface area contributed by atoms with Crippen LogP contribution >= 0.6 is 0 Å². The molecule has 0 bridgehead atoms. The molecule has 0 saturated heterocycles. The highest BCUT2D eigenvalue weighted by Crippen LogP contribution is 2.45. The summed E-state index contributed by atoms with van der Waals surface area (Å²) in [5.74, 6) is -3.67. The Bertz CT molecular complexity index is 539. The average Bonchev–Trinajstić information content (AvgIpc) is 3.07. The number of carbonyl (C=O) groups excluding carboxylic acids is 1. The Labute approximate surface area is 110 Å². The van der Waals surface area contributed by atoms with Gasteiger partial charge in [0, 0.05) is 0 Å². The summed E-state index contributed by atoms with van der Waals surface area (Å²) in [6, 6.07) is 8.92. The standard InChI is InChI=1S/C14H14F2N2O/c1-13(15,16)8-12(19)18-14(5-6-14)11-4-2-3-10(7-11)9-17/h2-4,7H,5-6,8H2,1H3,(H,18,19). The molecule has 0 heterocycles. The van der Waals surface area contributed by atoms with Crippen molar-refractivity contribution in [2.75, 3.05) is 0 Å². The van der Waals surface area contributed by atoms with E-state index in [4.69, 9.17) is 5.26 Å². The molecule has 0 spiro atoms. The van der Waals surface area contributed by atoms with Gasteiger partial charge in [0.1, 0.15) is 0 Å². The molecule has 1 N–H and O–H groups in total. The second-order valence-electron chi connectivity index (χ2n) is 5.07. The van der Waals surface area contributed by atoms with E-state index in [1.807, 2.05) is 6.07 Å². The number of rotatable bonds is 4. The van der Waals surface area contributed by atoms with Crippen LogP contribution in [0.3, 0.4) is 0 Å². The van der Waals surface area contributed by atoms with Crippen molar-refractivity contribution in [2.24, 2.45) is 0 Å². The largest absolute Gasteiger partial charge is 0.346 e. The quantitative estimate of drug-likeness (QED) is 0.909. The first-order valence-corrected chi connectivity index (χ1v) is 6.04. The van der Waals surface area contributed by atoms with Crippen molar-refractivity contribution in [3.63, 3.8) is 0 Å². The molecule has 1 aliphatic carbocycles. The highest BCUT2D eigenvalue weighted by molar-refractivity contribution is 5.78. The highest BCUT2D eigenvalue weighted by atomic mass is 19.3. The molecule has 1 aromatic carbocycles. The molecule has 2 rings (SSSR count). The van der Waals surface area contributed by atoms with E-state index in [0.717, 1.165) is 12.5 Å². The van der Waals surface area contributed by atoms with Gasteiger partial charge in [-0.05, 0) is 37.5 Å². The summed E-state index contributed by atoms with van der Waals surface area (Å²) in [5.41, 5.74) is 0.744. The monoisotopic (exact) mass is 264 g/mol. The van der Waals surface area contributed by atoms with Crippen LogP contribution in [0.4, 0.5) is 8.78 Å². The summed E-state index contributed by atoms with van der Waals surface area (Å²) in [7, 11) is 0. The number of benzene rings is 1. The second-order valence-corrected chi connectivity index (χ2v) is 5.07. The van der Waals surface area contributed by atoms with Crippen LogP contribution in [0.1, 0.15) is 37.3 Å². The van der Waals surface area contributed by atoms with E-state index in [-0.39, 0.29) is 0 Å². The van der Waals surface area contributed by atoms with Crippen LogP contribution in [0.2, 0.25) is 0 Å². The number of nitrogens with one attached hydrogen (secondary N) is 1. The van der Waals surface area contributed by atoms with Crippen molar-refractivity contribution in [1.29, 1.82) is 5.26 Å². The Balaban J connectivity index is 2.11. The maximum Gasteiger partial charge on any atom is 0.254 e. The van der Waals surface area contributed by atoms with Gasteiger partial charge < -0.3 is 5.32 Å². The van der Waals surface area contributed by atoms with Gasteiger partial charge in [0.05, 0.1) is 23.6 Å². The lowest BCUT2D eigenvalue weighted by atomic mass is 10.0. The Hall–Kier alpha value is -1.96. The topological polar surface area (TPSA) is 52.9 Å². The van der Waals surface area contributed by atoms with Crippen LogP contribution in [0, 0.1) is 11.3 Å². The molecule has 1 aliphatic rings. The predicted octanol–water partition coefficient (Wildman–Crippen LogP) is 2.71. The molecule has 0 atom stereocenters. The summed E-state index contributed by atoms with van der Waals surface area (Å²) in [5, 5.41) is 11.5. The highest BCUT2D eigenvalue weighted by Gasteiger charge is 2.46. The van der Waals surface area contributed by atoms with E-state index in [0.29, 0.717) is 18.4 Å². The van der Waals surface area contributed by atoms with Gasteiger partial charge in [-0.25, -0.2) is 8.78 Å². The molecule has 0 aromatic heterocycles. The third kappa shape index (κ3) is 3.28. The van der Waals surface area contributed by atoms with Crippen molar-refractivity contribution in [1.82, 2.24) is 5.32 Å². The van der Waals surface area contributed by atoms with Crippen molar-refractivity contribution in [3.05, 3.63) is 35.4 Å². The SMILES string of the molecule is CC(F)(F)CC(=O)NC1(c2cccc(C#N)c2)CC1. The minimum atomic E-state index is -3.01. The molecule has 0 radical (unpaired) electrons. The van der Waals surface area contributed by atoms with E-state index < -0.39 is 23.8 Å². The minimum absolute atomic E-state index is 0.499. The van der Waals surface area contributed by atoms with Gasteiger partial charge in [-0.1, -0.05) is 12.1 Å². The van der Waals surface area contributed by atoms with Crippen molar-refractivity contribution in [2.45, 2.75) is 37.6 Å². The van der Waals surface area contributed by atoms with Gasteiger partial charge in [0.2, 0.25) is 5.91 Å². The Morgan fingerprint density at radius 3 is 2.74 bits per heavy atom. The molecule has 0 unspecified atom stereocenters. The van der Waals surface area contributed by atoms with Crippen LogP contribution in [-0.2, 0) is 10.3 Å². The van der Waals surface area contributed by atoms with Crippen molar-refractivity contribution in [3.8, 4) is 6.07 Å². The van der Waals surface area contributed by atoms with Gasteiger partial charge in [0.25, 0.3) is 5.92 Å². The summed E-state index contributed by atoms with van der Waals surface area (Å²) >= 11 is 0. The fourth-order valence-electron chi connectivity index (χ4n) is 2.09. The average molecular weight is 264 g/mol. The number of hydrogen-bond acceptors (Lipinski definition) is 2. The number of alkyl halides is 2. The zero-order valence-corrected chi connectivity index (χ0v) is 10.5. The molecule has 3 nitrogen and oxygen atoms in total. The van der Waals surface area contributed by atoms with Crippen LogP contribution in [0.25, 0.3) is 0 Å². The molecule has 1 fully saturated rings. The third-order valence-electron chi connectivity index (χ3n) is 3.14. The van der Waals surface area contributed by atoms with E-state index in [2.05, 4.69) is 5.32 Å². The zero-order valence-electron chi connectivity index (χ0n) is 10.5. The van der Waals surface area contributed by atoms with Gasteiger partial charge in [0.15, 0.2) is 0 Å². The summed E-state index contributed by atoms with van der Waals surface area (Å²) in [6.07, 6.45) is 0.610. The Morgan fingerprint density at radius 2 is 2.21 bits per heavy atom. The van der Waals surface area contributed by atoms with E-state index in [1.54, 1.807) is 24.3 Å². The van der Waals surface area contributed by atoms with Crippen molar-refractivity contribution < 1.29 is 13.6 Å². The van der Waals surface area contributed by atoms with Crippen LogP contribution < -0.4 is 5.32 Å². The van der Waals surface area contributed by atoms with Crippen LogP contribution in [0.5, 0.6) is 0 Å². The van der Waals surface area contributed by atoms with Gasteiger partial charge in [-0.15, -0.1) is 0 Å². The number of nitrogens with zero attached hydrogens (tertiary/aromatic N) is 1. The molecule has 0 aliphatic heterocycles. The Morgan fingerprint density at radius 1 is 1.53 bits per heavy atom. The summed E-state index contributed by atoms with van der Waals surface area (Å²) in [6.45, 7) is 0.725. The number of halogens is 2. The van der Waals surface area contributed by atoms with Gasteiger partial charge in [-0.2, -0.15) is 5.26 Å².